The molecule has 17 heavy (non-hydrogen) atoms. The fourth-order valence-electron chi connectivity index (χ4n) is 1.59. The highest BCUT2D eigenvalue weighted by molar-refractivity contribution is 5.82. The van der Waals surface area contributed by atoms with E-state index in [0.29, 0.717) is 11.4 Å². The van der Waals surface area contributed by atoms with E-state index >= 15 is 0 Å². The first-order valence-electron chi connectivity index (χ1n) is 5.43. The van der Waals surface area contributed by atoms with E-state index in [9.17, 15) is 0 Å². The number of pyridine rings is 1. The number of anilines is 1. The van der Waals surface area contributed by atoms with Crippen molar-refractivity contribution < 1.29 is 0 Å². The molecular formula is C14H13N3. The third-order valence-corrected chi connectivity index (χ3v) is 2.56. The maximum Gasteiger partial charge on any atom is 0.145 e. The van der Waals surface area contributed by atoms with Gasteiger partial charge in [0.15, 0.2) is 0 Å². The SMILES string of the molecule is C=CC(C)Nc1nc2ccccc2cc1C#N. The van der Waals surface area contributed by atoms with Crippen molar-refractivity contribution in [2.75, 3.05) is 5.32 Å². The van der Waals surface area contributed by atoms with Crippen LogP contribution in [0.25, 0.3) is 10.9 Å². The Morgan fingerprint density at radius 1 is 1.47 bits per heavy atom. The molecule has 0 aliphatic carbocycles. The standard InChI is InChI=1S/C14H13N3/c1-3-10(2)16-14-12(9-15)8-11-6-4-5-7-13(11)17-14/h3-8,10H,1H2,2H3,(H,16,17). The van der Waals surface area contributed by atoms with Gasteiger partial charge < -0.3 is 5.32 Å². The number of hydrogen-bond donors (Lipinski definition) is 1. The molecule has 0 amide bonds. The van der Waals surface area contributed by atoms with Gasteiger partial charge in [0.25, 0.3) is 0 Å². The van der Waals surface area contributed by atoms with Gasteiger partial charge in [0.05, 0.1) is 11.1 Å². The highest BCUT2D eigenvalue weighted by Gasteiger charge is 2.07. The van der Waals surface area contributed by atoms with Crippen LogP contribution in [0, 0.1) is 11.3 Å². The monoisotopic (exact) mass is 223 g/mol. The molecule has 0 radical (unpaired) electrons. The molecule has 2 aromatic rings. The third kappa shape index (κ3) is 2.26. The summed E-state index contributed by atoms with van der Waals surface area (Å²) in [5, 5.41) is 13.2. The first kappa shape index (κ1) is 11.2. The maximum absolute atomic E-state index is 9.11. The number of nitrogens with zero attached hydrogens (tertiary/aromatic N) is 2. The first-order valence-corrected chi connectivity index (χ1v) is 5.43. The summed E-state index contributed by atoms with van der Waals surface area (Å²) in [6.07, 6.45) is 1.78. The molecule has 0 fully saturated rings. The highest BCUT2D eigenvalue weighted by atomic mass is 15.0. The van der Waals surface area contributed by atoms with Crippen molar-refractivity contribution in [1.82, 2.24) is 4.98 Å². The van der Waals surface area contributed by atoms with Crippen molar-refractivity contribution in [2.24, 2.45) is 0 Å². The Labute approximate surface area is 100 Å². The molecule has 1 heterocycles. The molecular weight excluding hydrogens is 210 g/mol. The van der Waals surface area contributed by atoms with Gasteiger partial charge in [-0.25, -0.2) is 4.98 Å². The average Bonchev–Trinajstić information content (AvgIpc) is 2.37. The Balaban J connectivity index is 2.54. The lowest BCUT2D eigenvalue weighted by atomic mass is 10.1. The van der Waals surface area contributed by atoms with Crippen molar-refractivity contribution in [3.8, 4) is 6.07 Å². The van der Waals surface area contributed by atoms with Crippen LogP contribution in [0.2, 0.25) is 0 Å². The quantitative estimate of drug-likeness (QED) is 0.813. The van der Waals surface area contributed by atoms with Gasteiger partial charge in [-0.15, -0.1) is 6.58 Å². The second-order valence-corrected chi connectivity index (χ2v) is 3.86. The number of nitriles is 1. The lowest BCUT2D eigenvalue weighted by Crippen LogP contribution is -2.13. The maximum atomic E-state index is 9.11. The van der Waals surface area contributed by atoms with E-state index in [0.717, 1.165) is 10.9 Å². The second-order valence-electron chi connectivity index (χ2n) is 3.86. The summed E-state index contributed by atoms with van der Waals surface area (Å²) in [5.74, 6) is 0.610. The number of fused-ring (bicyclic) bond motifs is 1. The molecule has 1 N–H and O–H groups in total. The van der Waals surface area contributed by atoms with Gasteiger partial charge >= 0.3 is 0 Å². The van der Waals surface area contributed by atoms with E-state index in [1.165, 1.54) is 0 Å². The summed E-state index contributed by atoms with van der Waals surface area (Å²) in [6, 6.07) is 11.8. The topological polar surface area (TPSA) is 48.7 Å². The van der Waals surface area contributed by atoms with Crippen molar-refractivity contribution in [1.29, 1.82) is 5.26 Å². The zero-order valence-corrected chi connectivity index (χ0v) is 9.64. The number of benzene rings is 1. The number of hydrogen-bond acceptors (Lipinski definition) is 3. The molecule has 84 valence electrons. The minimum atomic E-state index is 0.0794. The van der Waals surface area contributed by atoms with Gasteiger partial charge in [0, 0.05) is 11.4 Å². The van der Waals surface area contributed by atoms with Gasteiger partial charge in [0.1, 0.15) is 11.9 Å². The summed E-state index contributed by atoms with van der Waals surface area (Å²) in [4.78, 5) is 4.45. The third-order valence-electron chi connectivity index (χ3n) is 2.56. The van der Waals surface area contributed by atoms with Crippen LogP contribution >= 0.6 is 0 Å². The minimum absolute atomic E-state index is 0.0794. The Hall–Kier alpha value is -2.34. The summed E-state index contributed by atoms with van der Waals surface area (Å²) in [6.45, 7) is 5.66. The van der Waals surface area contributed by atoms with Crippen LogP contribution in [-0.4, -0.2) is 11.0 Å². The van der Waals surface area contributed by atoms with Crippen molar-refractivity contribution in [3.05, 3.63) is 48.6 Å². The molecule has 0 spiro atoms. The van der Waals surface area contributed by atoms with E-state index in [1.54, 1.807) is 6.08 Å². The summed E-state index contributed by atoms with van der Waals surface area (Å²) < 4.78 is 0. The van der Waals surface area contributed by atoms with E-state index in [-0.39, 0.29) is 6.04 Å². The van der Waals surface area contributed by atoms with Crippen molar-refractivity contribution >= 4 is 16.7 Å². The lowest BCUT2D eigenvalue weighted by molar-refractivity contribution is 0.986. The molecule has 2 rings (SSSR count). The molecule has 1 atom stereocenters. The van der Waals surface area contributed by atoms with Gasteiger partial charge in [-0.1, -0.05) is 24.3 Å². The average molecular weight is 223 g/mol. The van der Waals surface area contributed by atoms with Crippen LogP contribution in [0.1, 0.15) is 12.5 Å². The number of nitrogens with one attached hydrogen (secondary N) is 1. The van der Waals surface area contributed by atoms with E-state index in [2.05, 4.69) is 22.9 Å². The van der Waals surface area contributed by atoms with E-state index in [4.69, 9.17) is 5.26 Å². The summed E-state index contributed by atoms with van der Waals surface area (Å²) in [5.41, 5.74) is 1.43. The molecule has 1 aromatic heterocycles. The predicted molar refractivity (Wildman–Crippen MR) is 69.7 cm³/mol. The zero-order chi connectivity index (χ0) is 12.3. The summed E-state index contributed by atoms with van der Waals surface area (Å²) >= 11 is 0. The molecule has 1 unspecified atom stereocenters. The van der Waals surface area contributed by atoms with Gasteiger partial charge in [-0.05, 0) is 19.1 Å². The first-order chi connectivity index (χ1) is 8.24. The van der Waals surface area contributed by atoms with Crippen molar-refractivity contribution in [2.45, 2.75) is 13.0 Å². The minimum Gasteiger partial charge on any atom is -0.363 e. The lowest BCUT2D eigenvalue weighted by Gasteiger charge is -2.12. The van der Waals surface area contributed by atoms with Gasteiger partial charge in [0.2, 0.25) is 0 Å². The fourth-order valence-corrected chi connectivity index (χ4v) is 1.59. The smallest absolute Gasteiger partial charge is 0.145 e. The summed E-state index contributed by atoms with van der Waals surface area (Å²) in [7, 11) is 0. The largest absolute Gasteiger partial charge is 0.363 e. The molecule has 1 aromatic carbocycles. The number of para-hydroxylation sites is 1. The van der Waals surface area contributed by atoms with Crippen molar-refractivity contribution in [3.63, 3.8) is 0 Å². The zero-order valence-electron chi connectivity index (χ0n) is 9.64. The Bertz CT molecular complexity index is 596. The highest BCUT2D eigenvalue weighted by Crippen LogP contribution is 2.20. The molecule has 0 bridgehead atoms. The van der Waals surface area contributed by atoms with Gasteiger partial charge in [-0.2, -0.15) is 5.26 Å². The Morgan fingerprint density at radius 3 is 2.94 bits per heavy atom. The van der Waals surface area contributed by atoms with E-state index < -0.39 is 0 Å². The second kappa shape index (κ2) is 4.67. The molecule has 0 saturated carbocycles. The van der Waals surface area contributed by atoms with Crippen LogP contribution in [0.5, 0.6) is 0 Å². The molecule has 0 aliphatic rings. The van der Waals surface area contributed by atoms with E-state index in [1.807, 2.05) is 37.3 Å². The molecule has 0 saturated heterocycles. The molecule has 0 aliphatic heterocycles. The number of aromatic nitrogens is 1. The number of rotatable bonds is 3. The molecule has 3 nitrogen and oxygen atoms in total. The Kier molecular flexibility index (Phi) is 3.06. The molecule has 3 heteroatoms. The Morgan fingerprint density at radius 2 is 2.24 bits per heavy atom. The van der Waals surface area contributed by atoms with Crippen LogP contribution in [-0.2, 0) is 0 Å². The normalized spacial score (nSPS) is 11.8. The fraction of sp³-hybridized carbons (Fsp3) is 0.143. The van der Waals surface area contributed by atoms with Crippen LogP contribution in [0.15, 0.2) is 43.0 Å². The predicted octanol–water partition coefficient (Wildman–Crippen LogP) is 3.09. The van der Waals surface area contributed by atoms with Crippen LogP contribution in [0.4, 0.5) is 5.82 Å². The van der Waals surface area contributed by atoms with Gasteiger partial charge in [-0.3, -0.25) is 0 Å². The van der Waals surface area contributed by atoms with Crippen LogP contribution in [0.3, 0.4) is 0 Å². The van der Waals surface area contributed by atoms with Crippen LogP contribution < -0.4 is 5.32 Å².